The lowest BCUT2D eigenvalue weighted by molar-refractivity contribution is -0.121. The van der Waals surface area contributed by atoms with Crippen molar-refractivity contribution in [2.75, 3.05) is 5.32 Å². The molecule has 0 spiro atoms. The van der Waals surface area contributed by atoms with E-state index in [2.05, 4.69) is 15.8 Å². The van der Waals surface area contributed by atoms with Crippen LogP contribution in [0.4, 0.5) is 5.69 Å². The summed E-state index contributed by atoms with van der Waals surface area (Å²) in [5, 5.41) is 8.48. The number of rotatable bonds is 10. The Balaban J connectivity index is 1.40. The first-order chi connectivity index (χ1) is 16.8. The van der Waals surface area contributed by atoms with Crippen LogP contribution in [0.1, 0.15) is 36.0 Å². The van der Waals surface area contributed by atoms with Crippen LogP contribution in [-0.2, 0) is 16.2 Å². The van der Waals surface area contributed by atoms with Crippen LogP contribution in [0.15, 0.2) is 65.8 Å². The highest BCUT2D eigenvalue weighted by Crippen LogP contribution is 2.24. The van der Waals surface area contributed by atoms with Gasteiger partial charge in [-0.2, -0.15) is 5.10 Å². The van der Waals surface area contributed by atoms with Crippen molar-refractivity contribution in [1.29, 1.82) is 0 Å². The lowest BCUT2D eigenvalue weighted by Crippen LogP contribution is -2.18. The first-order valence-corrected chi connectivity index (χ1v) is 12.0. The molecule has 0 atom stereocenters. The number of halogens is 3. The molecule has 2 N–H and O–H groups in total. The van der Waals surface area contributed by atoms with Gasteiger partial charge < -0.3 is 10.1 Å². The standard InChI is InChI=1S/C26H24Cl3N3O3/c1-17-22(28)7-3-8-24(17)31-25(33)9-4-10-26(34)32-30-15-18-5-2-6-21(13-18)35-16-19-11-12-20(27)14-23(19)29/h2-3,5-8,11-15H,4,9-10,16H2,1H3,(H,31,33)(H,32,34)/b30-15-. The molecule has 0 bridgehead atoms. The van der Waals surface area contributed by atoms with Crippen molar-refractivity contribution in [3.63, 3.8) is 0 Å². The van der Waals surface area contributed by atoms with Crippen molar-refractivity contribution in [2.45, 2.75) is 32.8 Å². The molecule has 2 amide bonds. The zero-order chi connectivity index (χ0) is 25.2. The molecule has 0 unspecified atom stereocenters. The van der Waals surface area contributed by atoms with E-state index in [-0.39, 0.29) is 31.3 Å². The number of ether oxygens (including phenoxy) is 1. The van der Waals surface area contributed by atoms with Gasteiger partial charge in [-0.25, -0.2) is 5.43 Å². The molecule has 0 fully saturated rings. The van der Waals surface area contributed by atoms with Gasteiger partial charge in [0, 0.05) is 39.2 Å². The Morgan fingerprint density at radius 3 is 2.51 bits per heavy atom. The molecule has 3 rings (SSSR count). The van der Waals surface area contributed by atoms with E-state index < -0.39 is 0 Å². The Morgan fingerprint density at radius 2 is 1.71 bits per heavy atom. The molecule has 6 nitrogen and oxygen atoms in total. The van der Waals surface area contributed by atoms with Crippen molar-refractivity contribution >= 4 is 58.5 Å². The molecule has 0 saturated heterocycles. The molecule has 0 aromatic heterocycles. The number of carbonyl (C=O) groups excluding carboxylic acids is 2. The third-order valence-electron chi connectivity index (χ3n) is 5.02. The normalized spacial score (nSPS) is 10.9. The van der Waals surface area contributed by atoms with Gasteiger partial charge in [-0.3, -0.25) is 9.59 Å². The molecular formula is C26H24Cl3N3O3. The Labute approximate surface area is 219 Å². The number of nitrogens with one attached hydrogen (secondary N) is 2. The van der Waals surface area contributed by atoms with Crippen LogP contribution in [0.2, 0.25) is 15.1 Å². The van der Waals surface area contributed by atoms with E-state index in [4.69, 9.17) is 39.5 Å². The van der Waals surface area contributed by atoms with E-state index in [0.717, 1.165) is 16.7 Å². The maximum absolute atomic E-state index is 12.1. The van der Waals surface area contributed by atoms with Crippen LogP contribution in [0, 0.1) is 6.92 Å². The summed E-state index contributed by atoms with van der Waals surface area (Å²) >= 11 is 18.2. The quantitative estimate of drug-likeness (QED) is 0.223. The van der Waals surface area contributed by atoms with E-state index in [0.29, 0.717) is 32.9 Å². The monoisotopic (exact) mass is 531 g/mol. The number of hydrogen-bond donors (Lipinski definition) is 2. The minimum absolute atomic E-state index is 0.171. The summed E-state index contributed by atoms with van der Waals surface area (Å²) in [6.07, 6.45) is 2.29. The SMILES string of the molecule is Cc1c(Cl)cccc1NC(=O)CCCC(=O)N/N=C\c1cccc(OCc2ccc(Cl)cc2Cl)c1. The minimum Gasteiger partial charge on any atom is -0.489 e. The zero-order valence-corrected chi connectivity index (χ0v) is 21.3. The number of hydrazone groups is 1. The first-order valence-electron chi connectivity index (χ1n) is 10.9. The third kappa shape index (κ3) is 8.58. The smallest absolute Gasteiger partial charge is 0.240 e. The fourth-order valence-electron chi connectivity index (χ4n) is 3.08. The van der Waals surface area contributed by atoms with Gasteiger partial charge in [0.1, 0.15) is 12.4 Å². The van der Waals surface area contributed by atoms with Gasteiger partial charge in [-0.1, -0.05) is 59.1 Å². The van der Waals surface area contributed by atoms with Gasteiger partial charge in [0.15, 0.2) is 0 Å². The van der Waals surface area contributed by atoms with Crippen molar-refractivity contribution in [1.82, 2.24) is 5.43 Å². The number of carbonyl (C=O) groups is 2. The summed E-state index contributed by atoms with van der Waals surface area (Å²) in [5.41, 5.74) is 5.51. The zero-order valence-electron chi connectivity index (χ0n) is 19.0. The molecule has 35 heavy (non-hydrogen) atoms. The highest BCUT2D eigenvalue weighted by atomic mass is 35.5. The Bertz CT molecular complexity index is 1230. The molecule has 9 heteroatoms. The molecule has 0 aliphatic carbocycles. The second-order valence-corrected chi connectivity index (χ2v) is 8.96. The number of nitrogens with zero attached hydrogens (tertiary/aromatic N) is 1. The summed E-state index contributed by atoms with van der Waals surface area (Å²) in [7, 11) is 0. The van der Waals surface area contributed by atoms with Gasteiger partial charge in [0.25, 0.3) is 0 Å². The molecule has 3 aromatic rings. The van der Waals surface area contributed by atoms with Crippen molar-refractivity contribution in [3.05, 3.63) is 92.4 Å². The van der Waals surface area contributed by atoms with Crippen molar-refractivity contribution in [3.8, 4) is 5.75 Å². The maximum Gasteiger partial charge on any atom is 0.240 e. The number of benzene rings is 3. The molecule has 0 heterocycles. The minimum atomic E-state index is -0.280. The first kappa shape index (κ1) is 26.5. The Kier molecular flexibility index (Phi) is 9.97. The van der Waals surface area contributed by atoms with Gasteiger partial charge in [-0.15, -0.1) is 0 Å². The highest BCUT2D eigenvalue weighted by molar-refractivity contribution is 6.35. The van der Waals surface area contributed by atoms with Crippen LogP contribution in [0.3, 0.4) is 0 Å². The number of anilines is 1. The van der Waals surface area contributed by atoms with E-state index >= 15 is 0 Å². The maximum atomic E-state index is 12.1. The fraction of sp³-hybridized carbons (Fsp3) is 0.192. The predicted octanol–water partition coefficient (Wildman–Crippen LogP) is 6.79. The van der Waals surface area contributed by atoms with Gasteiger partial charge in [0.2, 0.25) is 11.8 Å². The highest BCUT2D eigenvalue weighted by Gasteiger charge is 2.08. The summed E-state index contributed by atoms with van der Waals surface area (Å²) in [6, 6.07) is 17.8. The van der Waals surface area contributed by atoms with Gasteiger partial charge >= 0.3 is 0 Å². The summed E-state index contributed by atoms with van der Waals surface area (Å²) < 4.78 is 5.79. The molecular weight excluding hydrogens is 509 g/mol. The summed E-state index contributed by atoms with van der Waals surface area (Å²) in [4.78, 5) is 24.2. The van der Waals surface area contributed by atoms with E-state index in [9.17, 15) is 9.59 Å². The number of hydrogen-bond acceptors (Lipinski definition) is 4. The fourth-order valence-corrected chi connectivity index (χ4v) is 3.72. The topological polar surface area (TPSA) is 79.8 Å². The van der Waals surface area contributed by atoms with Crippen LogP contribution >= 0.6 is 34.8 Å². The van der Waals surface area contributed by atoms with E-state index in [1.807, 2.05) is 31.2 Å². The lowest BCUT2D eigenvalue weighted by atomic mass is 10.2. The van der Waals surface area contributed by atoms with Gasteiger partial charge in [0.05, 0.1) is 6.21 Å². The average Bonchev–Trinajstić information content (AvgIpc) is 2.82. The number of amides is 2. The molecule has 0 saturated carbocycles. The van der Waals surface area contributed by atoms with E-state index in [1.165, 1.54) is 6.21 Å². The Hall–Kier alpha value is -3.06. The van der Waals surface area contributed by atoms with Gasteiger partial charge in [-0.05, 0) is 60.9 Å². The predicted molar refractivity (Wildman–Crippen MR) is 142 cm³/mol. The third-order valence-corrected chi connectivity index (χ3v) is 6.02. The van der Waals surface area contributed by atoms with Crippen LogP contribution in [0.5, 0.6) is 5.75 Å². The van der Waals surface area contributed by atoms with Crippen molar-refractivity contribution in [2.24, 2.45) is 5.10 Å². The largest absolute Gasteiger partial charge is 0.489 e. The Morgan fingerprint density at radius 1 is 0.943 bits per heavy atom. The van der Waals surface area contributed by atoms with Crippen molar-refractivity contribution < 1.29 is 14.3 Å². The molecule has 3 aromatic carbocycles. The van der Waals surface area contributed by atoms with E-state index in [1.54, 1.807) is 36.4 Å². The average molecular weight is 533 g/mol. The molecule has 0 aliphatic rings. The lowest BCUT2D eigenvalue weighted by Gasteiger charge is -2.09. The molecule has 0 aliphatic heterocycles. The van der Waals surface area contributed by atoms with Crippen LogP contribution < -0.4 is 15.5 Å². The van der Waals surface area contributed by atoms with Crippen LogP contribution in [0.25, 0.3) is 0 Å². The summed E-state index contributed by atoms with van der Waals surface area (Å²) in [6.45, 7) is 2.12. The second kappa shape index (κ2) is 13.1. The molecule has 0 radical (unpaired) electrons. The molecule has 182 valence electrons. The second-order valence-electron chi connectivity index (χ2n) is 7.70. The van der Waals surface area contributed by atoms with Crippen LogP contribution in [-0.4, -0.2) is 18.0 Å². The summed E-state index contributed by atoms with van der Waals surface area (Å²) in [5.74, 6) is 0.174.